The molecule has 1 amide bonds. The van der Waals surface area contributed by atoms with E-state index in [1.54, 1.807) is 24.3 Å². The maximum atomic E-state index is 12.6. The summed E-state index contributed by atoms with van der Waals surface area (Å²) in [6.07, 6.45) is 4.91. The number of aromatic amines is 1. The number of anilines is 1. The van der Waals surface area contributed by atoms with E-state index in [-0.39, 0.29) is 18.0 Å². The highest BCUT2D eigenvalue weighted by molar-refractivity contribution is 6.05. The Morgan fingerprint density at radius 3 is 2.94 bits per heavy atom. The lowest BCUT2D eigenvalue weighted by Crippen LogP contribution is -2.14. The Morgan fingerprint density at radius 1 is 1.29 bits per heavy atom. The van der Waals surface area contributed by atoms with Gasteiger partial charge in [0.25, 0.3) is 5.91 Å². The van der Waals surface area contributed by atoms with Gasteiger partial charge in [-0.25, -0.2) is 4.98 Å². The number of pyridine rings is 1. The molecule has 0 unspecified atom stereocenters. The summed E-state index contributed by atoms with van der Waals surface area (Å²) in [4.78, 5) is 27.9. The van der Waals surface area contributed by atoms with Crippen LogP contribution in [0.1, 0.15) is 35.2 Å². The number of fused-ring (bicyclic) bond motifs is 1. The maximum Gasteiger partial charge on any atom is 0.322 e. The molecule has 4 aromatic rings. The van der Waals surface area contributed by atoms with E-state index in [2.05, 4.69) is 20.5 Å². The summed E-state index contributed by atoms with van der Waals surface area (Å²) in [5.74, 6) is -0.138. The van der Waals surface area contributed by atoms with Crippen molar-refractivity contribution in [3.05, 3.63) is 82.1 Å². The molecule has 0 fully saturated rings. The van der Waals surface area contributed by atoms with Crippen molar-refractivity contribution >= 4 is 22.9 Å². The van der Waals surface area contributed by atoms with Gasteiger partial charge in [-0.3, -0.25) is 20.0 Å². The van der Waals surface area contributed by atoms with Crippen LogP contribution in [-0.2, 0) is 13.0 Å². The topological polar surface area (TPSA) is 127 Å². The van der Waals surface area contributed by atoms with Gasteiger partial charge in [0.1, 0.15) is 23.7 Å². The molecule has 0 radical (unpaired) electrons. The fourth-order valence-corrected chi connectivity index (χ4v) is 3.22. The quantitative estimate of drug-likeness (QED) is 0.330. The van der Waals surface area contributed by atoms with E-state index in [1.165, 1.54) is 0 Å². The minimum absolute atomic E-state index is 0.246. The van der Waals surface area contributed by atoms with Crippen molar-refractivity contribution < 1.29 is 14.5 Å². The summed E-state index contributed by atoms with van der Waals surface area (Å²) in [5.41, 5.74) is 1.82. The molecule has 3 heterocycles. The molecule has 0 bridgehead atoms. The number of carbonyl (C=O) groups excluding carboxylic acids is 1. The Morgan fingerprint density at radius 2 is 2.16 bits per heavy atom. The van der Waals surface area contributed by atoms with E-state index in [0.29, 0.717) is 30.0 Å². The number of carbonyl (C=O) groups is 1. The van der Waals surface area contributed by atoms with Gasteiger partial charge in [0.05, 0.1) is 10.6 Å². The third kappa shape index (κ3) is 4.37. The Bertz CT molecular complexity index is 1210. The fourth-order valence-electron chi connectivity index (χ4n) is 3.22. The summed E-state index contributed by atoms with van der Waals surface area (Å²) < 4.78 is 7.69. The normalized spacial score (nSPS) is 10.9. The van der Waals surface area contributed by atoms with Gasteiger partial charge in [0, 0.05) is 24.1 Å². The summed E-state index contributed by atoms with van der Waals surface area (Å²) in [5, 5.41) is 20.5. The highest BCUT2D eigenvalue weighted by Gasteiger charge is 2.28. The van der Waals surface area contributed by atoms with Crippen LogP contribution in [0.2, 0.25) is 0 Å². The third-order valence-electron chi connectivity index (χ3n) is 4.60. The molecule has 0 aliphatic rings. The molecular weight excluding hydrogens is 400 g/mol. The Kier molecular flexibility index (Phi) is 5.61. The molecule has 0 saturated carbocycles. The number of aryl methyl sites for hydroxylation is 1. The van der Waals surface area contributed by atoms with Gasteiger partial charge in [-0.15, -0.1) is 0 Å². The first-order valence-electron chi connectivity index (χ1n) is 9.73. The molecule has 2 N–H and O–H groups in total. The molecule has 4 rings (SSSR count). The van der Waals surface area contributed by atoms with Gasteiger partial charge in [-0.2, -0.15) is 5.10 Å². The number of ether oxygens (including phenoxy) is 1. The van der Waals surface area contributed by atoms with Crippen molar-refractivity contribution in [3.63, 3.8) is 0 Å². The molecule has 0 spiro atoms. The van der Waals surface area contributed by atoms with Crippen LogP contribution in [0.15, 0.2) is 54.9 Å². The van der Waals surface area contributed by atoms with E-state index < -0.39 is 10.8 Å². The van der Waals surface area contributed by atoms with Crippen molar-refractivity contribution in [2.45, 2.75) is 26.4 Å². The van der Waals surface area contributed by atoms with Crippen LogP contribution in [0, 0.1) is 10.1 Å². The molecule has 0 atom stereocenters. The molecule has 1 aromatic carbocycles. The van der Waals surface area contributed by atoms with E-state index in [0.717, 1.165) is 11.3 Å². The number of hydrogen-bond acceptors (Lipinski definition) is 6. The second-order valence-corrected chi connectivity index (χ2v) is 6.88. The van der Waals surface area contributed by atoms with E-state index in [9.17, 15) is 14.9 Å². The summed E-state index contributed by atoms with van der Waals surface area (Å²) in [7, 11) is 0. The number of H-pyrrole nitrogens is 1. The van der Waals surface area contributed by atoms with Crippen LogP contribution in [0.3, 0.4) is 0 Å². The minimum atomic E-state index is -0.664. The van der Waals surface area contributed by atoms with E-state index in [1.807, 2.05) is 41.9 Å². The minimum Gasteiger partial charge on any atom is -0.487 e. The molecule has 3 aromatic heterocycles. The van der Waals surface area contributed by atoms with Crippen LogP contribution in [-0.4, -0.2) is 30.4 Å². The number of hydrogen-bond donors (Lipinski definition) is 2. The molecular formula is C21H20N6O4. The molecule has 0 saturated heterocycles. The van der Waals surface area contributed by atoms with Crippen molar-refractivity contribution in [2.24, 2.45) is 0 Å². The Hall–Kier alpha value is -4.21. The number of nitrogens with one attached hydrogen (secondary N) is 2. The Labute approximate surface area is 177 Å². The van der Waals surface area contributed by atoms with Crippen LogP contribution in [0.25, 0.3) is 5.65 Å². The molecule has 10 heteroatoms. The zero-order valence-electron chi connectivity index (χ0n) is 16.7. The van der Waals surface area contributed by atoms with Crippen molar-refractivity contribution in [2.75, 3.05) is 5.32 Å². The zero-order valence-corrected chi connectivity index (χ0v) is 16.7. The monoisotopic (exact) mass is 420 g/mol. The molecule has 0 aliphatic carbocycles. The lowest BCUT2D eigenvalue weighted by molar-refractivity contribution is -0.385. The zero-order chi connectivity index (χ0) is 21.8. The lowest BCUT2D eigenvalue weighted by Gasteiger charge is -2.07. The van der Waals surface area contributed by atoms with Gasteiger partial charge in [0.2, 0.25) is 5.69 Å². The van der Waals surface area contributed by atoms with Crippen LogP contribution >= 0.6 is 0 Å². The predicted octanol–water partition coefficient (Wildman–Crippen LogP) is 3.75. The van der Waals surface area contributed by atoms with Gasteiger partial charge in [0.15, 0.2) is 0 Å². The number of nitrogens with zero attached hydrogens (tertiary/aromatic N) is 4. The predicted molar refractivity (Wildman–Crippen MR) is 113 cm³/mol. The molecule has 31 heavy (non-hydrogen) atoms. The van der Waals surface area contributed by atoms with Gasteiger partial charge >= 0.3 is 5.69 Å². The molecule has 10 nitrogen and oxygen atoms in total. The number of rotatable bonds is 8. The third-order valence-corrected chi connectivity index (χ3v) is 4.60. The average Bonchev–Trinajstić information content (AvgIpc) is 3.37. The van der Waals surface area contributed by atoms with Crippen LogP contribution in [0.4, 0.5) is 11.4 Å². The largest absolute Gasteiger partial charge is 0.487 e. The number of aromatic nitrogens is 4. The lowest BCUT2D eigenvalue weighted by atomic mass is 10.2. The van der Waals surface area contributed by atoms with Gasteiger partial charge in [-0.1, -0.05) is 25.5 Å². The smallest absolute Gasteiger partial charge is 0.322 e. The average molecular weight is 420 g/mol. The van der Waals surface area contributed by atoms with E-state index in [4.69, 9.17) is 4.74 Å². The molecule has 0 aliphatic heterocycles. The SMILES string of the molecule is CCCc1[nH]nc(C(=O)Nc2cccc(OCc3cn4ccccc4n3)c2)c1[N+](=O)[O-]. The maximum absolute atomic E-state index is 12.6. The standard InChI is InChI=1S/C21H20N6O4/c1-2-6-17-20(27(29)30)19(25-24-17)21(28)23-14-7-5-8-16(11-14)31-13-15-12-26-10-4-3-9-18(26)22-15/h3-5,7-12H,2,6,13H2,1H3,(H,23,28)(H,24,25). The number of benzene rings is 1. The van der Waals surface area contributed by atoms with Gasteiger partial charge in [-0.05, 0) is 30.7 Å². The first-order valence-corrected chi connectivity index (χ1v) is 9.73. The van der Waals surface area contributed by atoms with Crippen molar-refractivity contribution in [1.82, 2.24) is 19.6 Å². The fraction of sp³-hybridized carbons (Fsp3) is 0.190. The van der Waals surface area contributed by atoms with Crippen molar-refractivity contribution in [1.29, 1.82) is 0 Å². The van der Waals surface area contributed by atoms with E-state index >= 15 is 0 Å². The number of amides is 1. The second-order valence-electron chi connectivity index (χ2n) is 6.88. The highest BCUT2D eigenvalue weighted by Crippen LogP contribution is 2.24. The number of imidazole rings is 1. The number of nitro groups is 1. The van der Waals surface area contributed by atoms with Gasteiger partial charge < -0.3 is 14.5 Å². The van der Waals surface area contributed by atoms with Crippen LogP contribution in [0.5, 0.6) is 5.75 Å². The summed E-state index contributed by atoms with van der Waals surface area (Å²) in [6, 6.07) is 12.5. The first-order chi connectivity index (χ1) is 15.0. The highest BCUT2D eigenvalue weighted by atomic mass is 16.6. The van der Waals surface area contributed by atoms with Crippen LogP contribution < -0.4 is 10.1 Å². The molecule has 158 valence electrons. The summed E-state index contributed by atoms with van der Waals surface area (Å²) >= 11 is 0. The summed E-state index contributed by atoms with van der Waals surface area (Å²) in [6.45, 7) is 2.15. The Balaban J connectivity index is 1.46. The van der Waals surface area contributed by atoms with Crippen molar-refractivity contribution in [3.8, 4) is 5.75 Å². The second kappa shape index (κ2) is 8.66. The first kappa shape index (κ1) is 20.1.